The molecule has 0 bridgehead atoms. The van der Waals surface area contributed by atoms with Crippen LogP contribution < -0.4 is 9.47 Å². The second kappa shape index (κ2) is 3.50. The number of hydrogen-bond donors (Lipinski definition) is 0. The fourth-order valence-corrected chi connectivity index (χ4v) is 1.89. The molecule has 2 aromatic rings. The third kappa shape index (κ3) is 1.35. The van der Waals surface area contributed by atoms with E-state index in [0.717, 1.165) is 22.1 Å². The Bertz CT molecular complexity index is 497. The molecular formula is C12H14O3. The summed E-state index contributed by atoms with van der Waals surface area (Å²) in [5, 5.41) is 1.10. The van der Waals surface area contributed by atoms with Gasteiger partial charge in [-0.3, -0.25) is 0 Å². The summed E-state index contributed by atoms with van der Waals surface area (Å²) in [4.78, 5) is 0. The first-order valence-corrected chi connectivity index (χ1v) is 4.78. The Morgan fingerprint density at radius 1 is 1.07 bits per heavy atom. The topological polar surface area (TPSA) is 31.6 Å². The Balaban J connectivity index is 2.86. The maximum atomic E-state index is 5.49. The second-order valence-corrected chi connectivity index (χ2v) is 3.55. The molecule has 0 saturated heterocycles. The number of aryl methyl sites for hydroxylation is 2. The van der Waals surface area contributed by atoms with E-state index < -0.39 is 0 Å². The van der Waals surface area contributed by atoms with Crippen molar-refractivity contribution in [2.24, 2.45) is 0 Å². The smallest absolute Gasteiger partial charge is 0.204 e. The SMILES string of the molecule is COc1cc(C)c2c(C)coc2c1OC. The van der Waals surface area contributed by atoms with Gasteiger partial charge in [-0.05, 0) is 31.0 Å². The summed E-state index contributed by atoms with van der Waals surface area (Å²) < 4.78 is 16.0. The first-order valence-electron chi connectivity index (χ1n) is 4.78. The summed E-state index contributed by atoms with van der Waals surface area (Å²) in [6.45, 7) is 4.05. The van der Waals surface area contributed by atoms with Crippen LogP contribution in [0.2, 0.25) is 0 Å². The minimum atomic E-state index is 0.659. The van der Waals surface area contributed by atoms with Crippen molar-refractivity contribution < 1.29 is 13.9 Å². The minimum absolute atomic E-state index is 0.659. The van der Waals surface area contributed by atoms with E-state index in [0.29, 0.717) is 11.5 Å². The molecule has 1 heterocycles. The molecule has 0 aliphatic rings. The summed E-state index contributed by atoms with van der Waals surface area (Å²) in [6.07, 6.45) is 1.74. The maximum absolute atomic E-state index is 5.49. The van der Waals surface area contributed by atoms with Gasteiger partial charge in [0.25, 0.3) is 0 Å². The fourth-order valence-electron chi connectivity index (χ4n) is 1.89. The Hall–Kier alpha value is -1.64. The molecule has 0 saturated carbocycles. The second-order valence-electron chi connectivity index (χ2n) is 3.55. The van der Waals surface area contributed by atoms with Gasteiger partial charge in [0, 0.05) is 5.39 Å². The number of rotatable bonds is 2. The average Bonchev–Trinajstić information content (AvgIpc) is 2.61. The largest absolute Gasteiger partial charge is 0.493 e. The highest BCUT2D eigenvalue weighted by atomic mass is 16.5. The van der Waals surface area contributed by atoms with E-state index in [1.54, 1.807) is 20.5 Å². The predicted octanol–water partition coefficient (Wildman–Crippen LogP) is 3.07. The molecule has 80 valence electrons. The van der Waals surface area contributed by atoms with Gasteiger partial charge in [-0.25, -0.2) is 0 Å². The number of fused-ring (bicyclic) bond motifs is 1. The quantitative estimate of drug-likeness (QED) is 0.756. The summed E-state index contributed by atoms with van der Waals surface area (Å²) >= 11 is 0. The molecule has 3 nitrogen and oxygen atoms in total. The molecule has 0 aliphatic carbocycles. The average molecular weight is 206 g/mol. The van der Waals surface area contributed by atoms with E-state index in [1.807, 2.05) is 19.9 Å². The van der Waals surface area contributed by atoms with Crippen LogP contribution in [0.1, 0.15) is 11.1 Å². The maximum Gasteiger partial charge on any atom is 0.204 e. The molecule has 0 aliphatic heterocycles. The summed E-state index contributed by atoms with van der Waals surface area (Å²) in [5.74, 6) is 1.36. The van der Waals surface area contributed by atoms with Crippen molar-refractivity contribution in [3.63, 3.8) is 0 Å². The lowest BCUT2D eigenvalue weighted by molar-refractivity contribution is 0.353. The zero-order valence-electron chi connectivity index (χ0n) is 9.38. The van der Waals surface area contributed by atoms with E-state index in [2.05, 4.69) is 0 Å². The van der Waals surface area contributed by atoms with Gasteiger partial charge >= 0.3 is 0 Å². The van der Waals surface area contributed by atoms with Gasteiger partial charge < -0.3 is 13.9 Å². The van der Waals surface area contributed by atoms with Crippen LogP contribution in [-0.2, 0) is 0 Å². The Morgan fingerprint density at radius 2 is 1.80 bits per heavy atom. The first kappa shape index (κ1) is 9.90. The Labute approximate surface area is 88.6 Å². The van der Waals surface area contributed by atoms with Gasteiger partial charge in [0.2, 0.25) is 5.75 Å². The third-order valence-corrected chi connectivity index (χ3v) is 2.57. The molecule has 15 heavy (non-hydrogen) atoms. The van der Waals surface area contributed by atoms with E-state index >= 15 is 0 Å². The van der Waals surface area contributed by atoms with Crippen molar-refractivity contribution in [2.45, 2.75) is 13.8 Å². The van der Waals surface area contributed by atoms with Crippen LogP contribution in [-0.4, -0.2) is 14.2 Å². The van der Waals surface area contributed by atoms with Crippen molar-refractivity contribution in [2.75, 3.05) is 14.2 Å². The third-order valence-electron chi connectivity index (χ3n) is 2.57. The highest BCUT2D eigenvalue weighted by Crippen LogP contribution is 2.39. The monoisotopic (exact) mass is 206 g/mol. The highest BCUT2D eigenvalue weighted by molar-refractivity contribution is 5.91. The van der Waals surface area contributed by atoms with Crippen molar-refractivity contribution in [3.8, 4) is 11.5 Å². The first-order chi connectivity index (χ1) is 7.19. The predicted molar refractivity (Wildman–Crippen MR) is 58.8 cm³/mol. The molecular weight excluding hydrogens is 192 g/mol. The van der Waals surface area contributed by atoms with Crippen molar-refractivity contribution in [1.29, 1.82) is 0 Å². The molecule has 0 radical (unpaired) electrons. The molecule has 0 atom stereocenters. The highest BCUT2D eigenvalue weighted by Gasteiger charge is 2.16. The van der Waals surface area contributed by atoms with Gasteiger partial charge in [-0.2, -0.15) is 0 Å². The zero-order chi connectivity index (χ0) is 11.0. The minimum Gasteiger partial charge on any atom is -0.493 e. The molecule has 0 N–H and O–H groups in total. The number of methoxy groups -OCH3 is 2. The van der Waals surface area contributed by atoms with Crippen LogP contribution in [0.5, 0.6) is 11.5 Å². The summed E-state index contributed by atoms with van der Waals surface area (Å²) in [7, 11) is 3.24. The van der Waals surface area contributed by atoms with E-state index in [1.165, 1.54) is 0 Å². The zero-order valence-corrected chi connectivity index (χ0v) is 9.38. The fraction of sp³-hybridized carbons (Fsp3) is 0.333. The molecule has 3 heteroatoms. The van der Waals surface area contributed by atoms with Crippen molar-refractivity contribution in [3.05, 3.63) is 23.5 Å². The molecule has 0 unspecified atom stereocenters. The van der Waals surface area contributed by atoms with Crippen LogP contribution in [0.25, 0.3) is 11.0 Å². The van der Waals surface area contributed by atoms with Crippen LogP contribution in [0.15, 0.2) is 16.7 Å². The number of benzene rings is 1. The van der Waals surface area contributed by atoms with Crippen molar-refractivity contribution in [1.82, 2.24) is 0 Å². The number of ether oxygens (including phenoxy) is 2. The molecule has 1 aromatic heterocycles. The van der Waals surface area contributed by atoms with Gasteiger partial charge in [-0.15, -0.1) is 0 Å². The Kier molecular flexibility index (Phi) is 2.31. The van der Waals surface area contributed by atoms with Gasteiger partial charge in [0.1, 0.15) is 0 Å². The lowest BCUT2D eigenvalue weighted by Crippen LogP contribution is -1.92. The van der Waals surface area contributed by atoms with Crippen LogP contribution in [0, 0.1) is 13.8 Å². The molecule has 0 fully saturated rings. The van der Waals surface area contributed by atoms with Crippen molar-refractivity contribution >= 4 is 11.0 Å². The van der Waals surface area contributed by atoms with E-state index in [4.69, 9.17) is 13.9 Å². The standard InChI is InChI=1S/C12H14O3/c1-7-5-9(13-3)11(14-4)12-10(7)8(2)6-15-12/h5-6H,1-4H3. The van der Waals surface area contributed by atoms with Gasteiger partial charge in [-0.1, -0.05) is 0 Å². The van der Waals surface area contributed by atoms with E-state index in [9.17, 15) is 0 Å². The van der Waals surface area contributed by atoms with Crippen LogP contribution >= 0.6 is 0 Å². The molecule has 0 spiro atoms. The van der Waals surface area contributed by atoms with Gasteiger partial charge in [0.15, 0.2) is 11.3 Å². The normalized spacial score (nSPS) is 10.7. The number of furan rings is 1. The molecule has 1 aromatic carbocycles. The lowest BCUT2D eigenvalue weighted by atomic mass is 10.1. The van der Waals surface area contributed by atoms with Crippen LogP contribution in [0.4, 0.5) is 0 Å². The van der Waals surface area contributed by atoms with E-state index in [-0.39, 0.29) is 0 Å². The van der Waals surface area contributed by atoms with Crippen LogP contribution in [0.3, 0.4) is 0 Å². The van der Waals surface area contributed by atoms with Gasteiger partial charge in [0.05, 0.1) is 20.5 Å². The summed E-state index contributed by atoms with van der Waals surface area (Å²) in [5.41, 5.74) is 3.00. The Morgan fingerprint density at radius 3 is 2.40 bits per heavy atom. The molecule has 2 rings (SSSR count). The molecule has 0 amide bonds. The lowest BCUT2D eigenvalue weighted by Gasteiger charge is -2.09. The summed E-state index contributed by atoms with van der Waals surface area (Å²) in [6, 6.07) is 1.96. The number of hydrogen-bond acceptors (Lipinski definition) is 3.